The summed E-state index contributed by atoms with van der Waals surface area (Å²) in [6.07, 6.45) is -1.51. The van der Waals surface area contributed by atoms with Crippen molar-refractivity contribution in [2.24, 2.45) is 11.7 Å². The fraction of sp³-hybridized carbons (Fsp3) is 0.562. The monoisotopic (exact) mass is 330 g/mol. The molecule has 4 nitrogen and oxygen atoms in total. The van der Waals surface area contributed by atoms with Gasteiger partial charge in [-0.25, -0.2) is 0 Å². The van der Waals surface area contributed by atoms with Crippen LogP contribution in [0.5, 0.6) is 5.75 Å². The lowest BCUT2D eigenvalue weighted by molar-refractivity contribution is -0.137. The number of hydrogen-bond acceptors (Lipinski definition) is 3. The molecule has 2 unspecified atom stereocenters. The maximum absolute atomic E-state index is 12.9. The summed E-state index contributed by atoms with van der Waals surface area (Å²) in [5, 5.41) is 2.58. The Morgan fingerprint density at radius 3 is 2.74 bits per heavy atom. The zero-order valence-electron chi connectivity index (χ0n) is 13.0. The number of nitrogens with two attached hydrogens (primary N) is 1. The molecule has 1 saturated carbocycles. The normalized spacial score (nSPS) is 21.8. The highest BCUT2D eigenvalue weighted by Gasteiger charge is 2.32. The van der Waals surface area contributed by atoms with E-state index in [0.717, 1.165) is 25.0 Å². The predicted molar refractivity (Wildman–Crippen MR) is 81.2 cm³/mol. The van der Waals surface area contributed by atoms with Crippen LogP contribution in [-0.2, 0) is 11.0 Å². The molecule has 0 saturated heterocycles. The Hall–Kier alpha value is -1.76. The van der Waals surface area contributed by atoms with Gasteiger partial charge in [0.05, 0.1) is 17.9 Å². The average Bonchev–Trinajstić information content (AvgIpc) is 2.48. The summed E-state index contributed by atoms with van der Waals surface area (Å²) < 4.78 is 43.9. The first-order chi connectivity index (χ1) is 10.8. The van der Waals surface area contributed by atoms with Crippen molar-refractivity contribution in [2.45, 2.75) is 44.8 Å². The lowest BCUT2D eigenvalue weighted by Gasteiger charge is -2.26. The van der Waals surface area contributed by atoms with E-state index in [-0.39, 0.29) is 29.3 Å². The third kappa shape index (κ3) is 4.60. The minimum absolute atomic E-state index is 0.0348. The molecule has 0 radical (unpaired) electrons. The van der Waals surface area contributed by atoms with Gasteiger partial charge in [0.2, 0.25) is 5.91 Å². The fourth-order valence-electron chi connectivity index (χ4n) is 2.79. The number of nitrogens with one attached hydrogen (secondary N) is 1. The van der Waals surface area contributed by atoms with Gasteiger partial charge in [-0.2, -0.15) is 13.2 Å². The van der Waals surface area contributed by atoms with Crippen molar-refractivity contribution in [3.05, 3.63) is 23.8 Å². The number of carbonyl (C=O) groups is 1. The Labute approximate surface area is 133 Å². The van der Waals surface area contributed by atoms with Crippen LogP contribution in [0.3, 0.4) is 0 Å². The molecule has 23 heavy (non-hydrogen) atoms. The van der Waals surface area contributed by atoms with E-state index in [1.165, 1.54) is 6.07 Å². The zero-order valence-corrected chi connectivity index (χ0v) is 13.0. The maximum Gasteiger partial charge on any atom is 0.416 e. The third-order valence-corrected chi connectivity index (χ3v) is 3.95. The Morgan fingerprint density at radius 1 is 1.39 bits per heavy atom. The summed E-state index contributed by atoms with van der Waals surface area (Å²) in [6.45, 7) is 2.02. The summed E-state index contributed by atoms with van der Waals surface area (Å²) in [5.41, 5.74) is 5.09. The molecule has 0 spiro atoms. The SMILES string of the molecule is CCOc1ccc(C(F)(F)F)cc1NC(=O)C1CCCC(N)C1. The molecule has 2 atom stereocenters. The number of carbonyl (C=O) groups excluding carboxylic acids is 1. The van der Waals surface area contributed by atoms with Crippen LogP contribution >= 0.6 is 0 Å². The first-order valence-electron chi connectivity index (χ1n) is 7.71. The lowest BCUT2D eigenvalue weighted by atomic mass is 9.85. The maximum atomic E-state index is 12.9. The van der Waals surface area contributed by atoms with Crippen molar-refractivity contribution in [1.29, 1.82) is 0 Å². The van der Waals surface area contributed by atoms with Crippen LogP contribution in [0.25, 0.3) is 0 Å². The molecule has 1 amide bonds. The van der Waals surface area contributed by atoms with Gasteiger partial charge in [-0.3, -0.25) is 4.79 Å². The Balaban J connectivity index is 2.20. The number of ether oxygens (including phenoxy) is 1. The third-order valence-electron chi connectivity index (χ3n) is 3.95. The zero-order chi connectivity index (χ0) is 17.0. The molecule has 1 aromatic rings. The Kier molecular flexibility index (Phi) is 5.51. The Morgan fingerprint density at radius 2 is 2.13 bits per heavy atom. The largest absolute Gasteiger partial charge is 0.492 e. The van der Waals surface area contributed by atoms with Crippen LogP contribution in [0.1, 0.15) is 38.2 Å². The highest BCUT2D eigenvalue weighted by molar-refractivity contribution is 5.94. The van der Waals surface area contributed by atoms with Crippen LogP contribution in [-0.4, -0.2) is 18.6 Å². The second-order valence-electron chi connectivity index (χ2n) is 5.75. The predicted octanol–water partition coefficient (Wildman–Crippen LogP) is 3.56. The molecule has 7 heteroatoms. The molecule has 1 aliphatic carbocycles. The van der Waals surface area contributed by atoms with Crippen molar-refractivity contribution >= 4 is 11.6 Å². The van der Waals surface area contributed by atoms with E-state index in [0.29, 0.717) is 19.4 Å². The van der Waals surface area contributed by atoms with E-state index >= 15 is 0 Å². The van der Waals surface area contributed by atoms with Gasteiger partial charge in [0, 0.05) is 12.0 Å². The summed E-state index contributed by atoms with van der Waals surface area (Å²) in [4.78, 5) is 12.3. The number of halogens is 3. The molecule has 0 heterocycles. The van der Waals surface area contributed by atoms with Crippen LogP contribution in [0.4, 0.5) is 18.9 Å². The van der Waals surface area contributed by atoms with Crippen molar-refractivity contribution in [1.82, 2.24) is 0 Å². The van der Waals surface area contributed by atoms with Gasteiger partial charge in [0.15, 0.2) is 0 Å². The molecule has 0 aromatic heterocycles. The number of hydrogen-bond donors (Lipinski definition) is 2. The molecule has 2 rings (SSSR count). The van der Waals surface area contributed by atoms with Gasteiger partial charge >= 0.3 is 6.18 Å². The second kappa shape index (κ2) is 7.21. The van der Waals surface area contributed by atoms with E-state index < -0.39 is 11.7 Å². The number of rotatable bonds is 4. The molecule has 0 aliphatic heterocycles. The van der Waals surface area contributed by atoms with E-state index in [1.807, 2.05) is 0 Å². The molecule has 0 bridgehead atoms. The number of amides is 1. The first-order valence-corrected chi connectivity index (χ1v) is 7.71. The highest BCUT2D eigenvalue weighted by atomic mass is 19.4. The minimum atomic E-state index is -4.47. The average molecular weight is 330 g/mol. The minimum Gasteiger partial charge on any atom is -0.492 e. The molecular formula is C16H21F3N2O2. The van der Waals surface area contributed by atoms with E-state index in [9.17, 15) is 18.0 Å². The molecular weight excluding hydrogens is 309 g/mol. The van der Waals surface area contributed by atoms with Crippen molar-refractivity contribution in [3.8, 4) is 5.75 Å². The van der Waals surface area contributed by atoms with Crippen molar-refractivity contribution < 1.29 is 22.7 Å². The molecule has 1 aliphatic rings. The fourth-order valence-corrected chi connectivity index (χ4v) is 2.79. The van der Waals surface area contributed by atoms with Gasteiger partial charge in [-0.05, 0) is 44.4 Å². The van der Waals surface area contributed by atoms with Crippen molar-refractivity contribution in [2.75, 3.05) is 11.9 Å². The number of benzene rings is 1. The van der Waals surface area contributed by atoms with Gasteiger partial charge < -0.3 is 15.8 Å². The van der Waals surface area contributed by atoms with Gasteiger partial charge in [-0.1, -0.05) is 6.42 Å². The summed E-state index contributed by atoms with van der Waals surface area (Å²) in [7, 11) is 0. The van der Waals surface area contributed by atoms with E-state index in [2.05, 4.69) is 5.32 Å². The summed E-state index contributed by atoms with van der Waals surface area (Å²) in [6, 6.07) is 3.05. The summed E-state index contributed by atoms with van der Waals surface area (Å²) in [5.74, 6) is -0.350. The molecule has 1 fully saturated rings. The molecule has 3 N–H and O–H groups in total. The Bertz CT molecular complexity index is 561. The van der Waals surface area contributed by atoms with Gasteiger partial charge in [0.25, 0.3) is 0 Å². The smallest absolute Gasteiger partial charge is 0.416 e. The lowest BCUT2D eigenvalue weighted by Crippen LogP contribution is -2.34. The van der Waals surface area contributed by atoms with E-state index in [1.54, 1.807) is 6.92 Å². The molecule has 1 aromatic carbocycles. The van der Waals surface area contributed by atoms with E-state index in [4.69, 9.17) is 10.5 Å². The van der Waals surface area contributed by atoms with Crippen LogP contribution in [0, 0.1) is 5.92 Å². The number of anilines is 1. The van der Waals surface area contributed by atoms with Crippen molar-refractivity contribution in [3.63, 3.8) is 0 Å². The van der Waals surface area contributed by atoms with Gasteiger partial charge in [-0.15, -0.1) is 0 Å². The van der Waals surface area contributed by atoms with Crippen LogP contribution in [0.2, 0.25) is 0 Å². The molecule has 128 valence electrons. The highest BCUT2D eigenvalue weighted by Crippen LogP contribution is 2.35. The van der Waals surface area contributed by atoms with Crippen LogP contribution in [0.15, 0.2) is 18.2 Å². The first kappa shape index (κ1) is 17.6. The topological polar surface area (TPSA) is 64.3 Å². The number of alkyl halides is 3. The second-order valence-corrected chi connectivity index (χ2v) is 5.75. The summed E-state index contributed by atoms with van der Waals surface area (Å²) >= 11 is 0. The van der Waals surface area contributed by atoms with Gasteiger partial charge in [0.1, 0.15) is 5.75 Å². The quantitative estimate of drug-likeness (QED) is 0.887. The van der Waals surface area contributed by atoms with Crippen LogP contribution < -0.4 is 15.8 Å². The standard InChI is InChI=1S/C16H21F3N2O2/c1-2-23-14-7-6-11(16(17,18)19)9-13(14)21-15(22)10-4-3-5-12(20)8-10/h6-7,9-10,12H,2-5,8,20H2,1H3,(H,21,22).